The minimum Gasteiger partial charge on any atom is -0.494 e. The molecule has 1 aromatic rings. The van der Waals surface area contributed by atoms with Gasteiger partial charge < -0.3 is 15.4 Å². The summed E-state index contributed by atoms with van der Waals surface area (Å²) in [6.45, 7) is 7.24. The third-order valence-electron chi connectivity index (χ3n) is 3.97. The van der Waals surface area contributed by atoms with Crippen molar-refractivity contribution in [1.29, 1.82) is 0 Å². The summed E-state index contributed by atoms with van der Waals surface area (Å²) < 4.78 is 18.7. The SMILES string of the molecule is CCC(CC)CNC(=NC)NC(C)c1ccc(OC)c(F)c1. The van der Waals surface area contributed by atoms with Crippen LogP contribution >= 0.6 is 0 Å². The van der Waals surface area contributed by atoms with Crippen LogP contribution in [0.3, 0.4) is 0 Å². The van der Waals surface area contributed by atoms with Gasteiger partial charge in [-0.3, -0.25) is 4.99 Å². The highest BCUT2D eigenvalue weighted by atomic mass is 19.1. The largest absolute Gasteiger partial charge is 0.494 e. The smallest absolute Gasteiger partial charge is 0.191 e. The summed E-state index contributed by atoms with van der Waals surface area (Å²) in [5.74, 6) is 1.27. The molecule has 1 aromatic carbocycles. The van der Waals surface area contributed by atoms with Crippen LogP contribution < -0.4 is 15.4 Å². The second-order valence-corrected chi connectivity index (χ2v) is 5.40. The molecular weight excluding hydrogens is 281 g/mol. The average Bonchev–Trinajstić information content (AvgIpc) is 2.54. The lowest BCUT2D eigenvalue weighted by Crippen LogP contribution is -2.40. The molecule has 2 N–H and O–H groups in total. The van der Waals surface area contributed by atoms with Gasteiger partial charge in [0, 0.05) is 13.6 Å². The van der Waals surface area contributed by atoms with Crippen molar-refractivity contribution < 1.29 is 9.13 Å². The van der Waals surface area contributed by atoms with Crippen molar-refractivity contribution in [3.8, 4) is 5.75 Å². The molecule has 0 bridgehead atoms. The molecule has 0 amide bonds. The number of methoxy groups -OCH3 is 1. The third-order valence-corrected chi connectivity index (χ3v) is 3.97. The Balaban J connectivity index is 2.65. The summed E-state index contributed by atoms with van der Waals surface area (Å²) in [4.78, 5) is 4.23. The fourth-order valence-corrected chi connectivity index (χ4v) is 2.25. The summed E-state index contributed by atoms with van der Waals surface area (Å²) in [7, 11) is 3.20. The Morgan fingerprint density at radius 1 is 1.32 bits per heavy atom. The normalized spacial score (nSPS) is 13.1. The molecule has 0 heterocycles. The second-order valence-electron chi connectivity index (χ2n) is 5.40. The van der Waals surface area contributed by atoms with Gasteiger partial charge in [-0.15, -0.1) is 0 Å². The summed E-state index contributed by atoms with van der Waals surface area (Å²) in [6.07, 6.45) is 2.28. The molecule has 0 radical (unpaired) electrons. The van der Waals surface area contributed by atoms with E-state index in [1.54, 1.807) is 13.1 Å². The van der Waals surface area contributed by atoms with E-state index in [2.05, 4.69) is 29.5 Å². The molecule has 0 fully saturated rings. The van der Waals surface area contributed by atoms with E-state index < -0.39 is 0 Å². The first-order valence-corrected chi connectivity index (χ1v) is 7.86. The predicted molar refractivity (Wildman–Crippen MR) is 89.9 cm³/mol. The number of aliphatic imine (C=N–C) groups is 1. The molecule has 0 saturated carbocycles. The zero-order valence-corrected chi connectivity index (χ0v) is 14.2. The maximum absolute atomic E-state index is 13.8. The highest BCUT2D eigenvalue weighted by Crippen LogP contribution is 2.21. The van der Waals surface area contributed by atoms with Gasteiger partial charge in [-0.05, 0) is 30.5 Å². The minimum atomic E-state index is -0.353. The van der Waals surface area contributed by atoms with E-state index in [-0.39, 0.29) is 17.6 Å². The van der Waals surface area contributed by atoms with Gasteiger partial charge in [0.05, 0.1) is 13.2 Å². The summed E-state index contributed by atoms with van der Waals surface area (Å²) in [5.41, 5.74) is 0.851. The monoisotopic (exact) mass is 309 g/mol. The van der Waals surface area contributed by atoms with Gasteiger partial charge in [0.2, 0.25) is 0 Å². The van der Waals surface area contributed by atoms with Crippen molar-refractivity contribution in [2.75, 3.05) is 20.7 Å². The number of hydrogen-bond acceptors (Lipinski definition) is 2. The number of guanidine groups is 1. The molecule has 0 spiro atoms. The van der Waals surface area contributed by atoms with Crippen LogP contribution in [0.1, 0.15) is 45.2 Å². The van der Waals surface area contributed by atoms with Crippen molar-refractivity contribution in [2.45, 2.75) is 39.7 Å². The lowest BCUT2D eigenvalue weighted by molar-refractivity contribution is 0.386. The maximum atomic E-state index is 13.8. The molecule has 0 aliphatic rings. The van der Waals surface area contributed by atoms with E-state index in [4.69, 9.17) is 4.74 Å². The van der Waals surface area contributed by atoms with Crippen molar-refractivity contribution in [2.24, 2.45) is 10.9 Å². The van der Waals surface area contributed by atoms with Gasteiger partial charge in [-0.1, -0.05) is 32.8 Å². The van der Waals surface area contributed by atoms with Gasteiger partial charge in [0.25, 0.3) is 0 Å². The highest BCUT2D eigenvalue weighted by Gasteiger charge is 2.12. The van der Waals surface area contributed by atoms with Gasteiger partial charge in [0.15, 0.2) is 17.5 Å². The molecule has 4 nitrogen and oxygen atoms in total. The van der Waals surface area contributed by atoms with Crippen LogP contribution in [0.5, 0.6) is 5.75 Å². The Bertz CT molecular complexity index is 487. The zero-order chi connectivity index (χ0) is 16.5. The van der Waals surface area contributed by atoms with Gasteiger partial charge in [0.1, 0.15) is 0 Å². The van der Waals surface area contributed by atoms with Gasteiger partial charge in [-0.25, -0.2) is 4.39 Å². The second kappa shape index (κ2) is 9.28. The number of halogens is 1. The lowest BCUT2D eigenvalue weighted by Gasteiger charge is -2.21. The molecule has 0 aromatic heterocycles. The Hall–Kier alpha value is -1.78. The molecular formula is C17H28FN3O. The van der Waals surface area contributed by atoms with Crippen LogP contribution in [0, 0.1) is 11.7 Å². The predicted octanol–water partition coefficient (Wildman–Crippen LogP) is 3.50. The van der Waals surface area contributed by atoms with Crippen molar-refractivity contribution in [3.05, 3.63) is 29.6 Å². The lowest BCUT2D eigenvalue weighted by atomic mass is 10.0. The first kappa shape index (κ1) is 18.3. The van der Waals surface area contributed by atoms with Crippen LogP contribution in [0.2, 0.25) is 0 Å². The van der Waals surface area contributed by atoms with Crippen LogP contribution in [0.4, 0.5) is 4.39 Å². The number of ether oxygens (including phenoxy) is 1. The average molecular weight is 309 g/mol. The molecule has 1 rings (SSSR count). The van der Waals surface area contributed by atoms with E-state index >= 15 is 0 Å². The molecule has 0 aliphatic carbocycles. The quantitative estimate of drug-likeness (QED) is 0.598. The number of hydrogen-bond donors (Lipinski definition) is 2. The molecule has 0 saturated heterocycles. The number of rotatable bonds is 7. The van der Waals surface area contributed by atoms with E-state index in [1.807, 2.05) is 13.0 Å². The third kappa shape index (κ3) is 5.20. The van der Waals surface area contributed by atoms with E-state index in [0.29, 0.717) is 5.92 Å². The molecule has 1 unspecified atom stereocenters. The highest BCUT2D eigenvalue weighted by molar-refractivity contribution is 5.80. The van der Waals surface area contributed by atoms with E-state index in [9.17, 15) is 4.39 Å². The topological polar surface area (TPSA) is 45.7 Å². The molecule has 22 heavy (non-hydrogen) atoms. The van der Waals surface area contributed by atoms with E-state index in [0.717, 1.165) is 30.9 Å². The zero-order valence-electron chi connectivity index (χ0n) is 14.2. The fourth-order valence-electron chi connectivity index (χ4n) is 2.25. The van der Waals surface area contributed by atoms with Crippen LogP contribution in [-0.4, -0.2) is 26.7 Å². The number of nitrogens with one attached hydrogen (secondary N) is 2. The Kier molecular flexibility index (Phi) is 7.71. The molecule has 0 aliphatic heterocycles. The molecule has 5 heteroatoms. The van der Waals surface area contributed by atoms with Crippen LogP contribution in [0.15, 0.2) is 23.2 Å². The van der Waals surface area contributed by atoms with Crippen LogP contribution in [0.25, 0.3) is 0 Å². The number of benzene rings is 1. The Labute approximate surface area is 133 Å². The van der Waals surface area contributed by atoms with E-state index in [1.165, 1.54) is 13.2 Å². The summed E-state index contributed by atoms with van der Waals surface area (Å²) >= 11 is 0. The summed E-state index contributed by atoms with van der Waals surface area (Å²) in [6, 6.07) is 4.94. The Morgan fingerprint density at radius 2 is 2.00 bits per heavy atom. The van der Waals surface area contributed by atoms with Crippen molar-refractivity contribution in [3.63, 3.8) is 0 Å². The standard InChI is InChI=1S/C17H28FN3O/c1-6-13(7-2)11-20-17(19-4)21-12(3)14-8-9-16(22-5)15(18)10-14/h8-10,12-13H,6-7,11H2,1-5H3,(H2,19,20,21). The van der Waals surface area contributed by atoms with Gasteiger partial charge in [-0.2, -0.15) is 0 Å². The Morgan fingerprint density at radius 3 is 2.50 bits per heavy atom. The minimum absolute atomic E-state index is 0.0479. The molecule has 1 atom stereocenters. The first-order valence-electron chi connectivity index (χ1n) is 7.86. The first-order chi connectivity index (χ1) is 10.5. The van der Waals surface area contributed by atoms with Crippen LogP contribution in [-0.2, 0) is 0 Å². The maximum Gasteiger partial charge on any atom is 0.191 e. The fraction of sp³-hybridized carbons (Fsp3) is 0.588. The van der Waals surface area contributed by atoms with Crippen molar-refractivity contribution >= 4 is 5.96 Å². The summed E-state index contributed by atoms with van der Waals surface area (Å²) in [5, 5.41) is 6.61. The van der Waals surface area contributed by atoms with Gasteiger partial charge >= 0.3 is 0 Å². The van der Waals surface area contributed by atoms with Crippen molar-refractivity contribution in [1.82, 2.24) is 10.6 Å². The number of nitrogens with zero attached hydrogens (tertiary/aromatic N) is 1. The molecule has 124 valence electrons.